The quantitative estimate of drug-likeness (QED) is 0.848. The van der Waals surface area contributed by atoms with Gasteiger partial charge in [-0.25, -0.2) is 13.4 Å². The first-order chi connectivity index (χ1) is 10.00. The third kappa shape index (κ3) is 2.83. The Kier molecular flexibility index (Phi) is 4.24. The number of thiazole rings is 1. The second-order valence-corrected chi connectivity index (χ2v) is 8.30. The van der Waals surface area contributed by atoms with E-state index in [1.165, 1.54) is 20.0 Å². The minimum atomic E-state index is -3.65. The van der Waals surface area contributed by atoms with Gasteiger partial charge in [0, 0.05) is 38.4 Å². The average Bonchev–Trinajstić information content (AvgIpc) is 2.99. The van der Waals surface area contributed by atoms with Crippen molar-refractivity contribution in [3.63, 3.8) is 0 Å². The van der Waals surface area contributed by atoms with E-state index in [0.717, 1.165) is 12.8 Å². The van der Waals surface area contributed by atoms with Crippen LogP contribution < -0.4 is 0 Å². The summed E-state index contributed by atoms with van der Waals surface area (Å²) in [7, 11) is -2.06. The molecule has 3 rings (SSSR count). The number of hydrogen-bond acceptors (Lipinski definition) is 5. The van der Waals surface area contributed by atoms with Crippen molar-refractivity contribution in [3.05, 3.63) is 16.7 Å². The van der Waals surface area contributed by atoms with Gasteiger partial charge in [-0.3, -0.25) is 4.40 Å². The van der Waals surface area contributed by atoms with Gasteiger partial charge in [0.15, 0.2) is 15.1 Å². The molecule has 0 unspecified atom stereocenters. The van der Waals surface area contributed by atoms with Crippen molar-refractivity contribution in [1.82, 2.24) is 13.7 Å². The predicted molar refractivity (Wildman–Crippen MR) is 81.4 cm³/mol. The number of rotatable bonds is 4. The molecular weight excluding hydrogens is 334 g/mol. The highest BCUT2D eigenvalue weighted by molar-refractivity contribution is 7.89. The summed E-state index contributed by atoms with van der Waals surface area (Å²) in [6.45, 7) is 1.86. The van der Waals surface area contributed by atoms with Crippen LogP contribution in [-0.2, 0) is 14.8 Å². The van der Waals surface area contributed by atoms with Gasteiger partial charge in [0.25, 0.3) is 10.0 Å². The van der Waals surface area contributed by atoms with Gasteiger partial charge in [0.2, 0.25) is 0 Å². The molecule has 21 heavy (non-hydrogen) atoms. The number of hydrogen-bond donors (Lipinski definition) is 0. The largest absolute Gasteiger partial charge is 0.381 e. The van der Waals surface area contributed by atoms with Crippen LogP contribution in [0, 0.1) is 5.92 Å². The first-order valence-corrected chi connectivity index (χ1v) is 9.35. The zero-order valence-electron chi connectivity index (χ0n) is 11.5. The van der Waals surface area contributed by atoms with E-state index in [4.69, 9.17) is 16.3 Å². The van der Waals surface area contributed by atoms with Crippen LogP contribution >= 0.6 is 22.9 Å². The molecule has 1 aliphatic heterocycles. The van der Waals surface area contributed by atoms with Crippen LogP contribution in [0.1, 0.15) is 12.8 Å². The van der Waals surface area contributed by atoms with Crippen LogP contribution in [0.15, 0.2) is 16.6 Å². The van der Waals surface area contributed by atoms with Crippen LogP contribution in [0.25, 0.3) is 4.96 Å². The van der Waals surface area contributed by atoms with Gasteiger partial charge < -0.3 is 4.74 Å². The highest BCUT2D eigenvalue weighted by Crippen LogP contribution is 2.28. The lowest BCUT2D eigenvalue weighted by atomic mass is 10.0. The molecule has 0 saturated carbocycles. The Morgan fingerprint density at radius 1 is 1.52 bits per heavy atom. The molecular formula is C12H16ClN3O3S2. The Bertz CT molecular complexity index is 734. The zero-order valence-corrected chi connectivity index (χ0v) is 13.9. The van der Waals surface area contributed by atoms with Crippen molar-refractivity contribution >= 4 is 37.9 Å². The SMILES string of the molecule is CN(CC1CCOCC1)S(=O)(=O)c1c(Cl)nc2sccn12. The maximum absolute atomic E-state index is 12.8. The van der Waals surface area contributed by atoms with Crippen molar-refractivity contribution in [2.24, 2.45) is 5.92 Å². The second kappa shape index (κ2) is 5.85. The minimum absolute atomic E-state index is 0.0284. The number of halogens is 1. The van der Waals surface area contributed by atoms with E-state index >= 15 is 0 Å². The summed E-state index contributed by atoms with van der Waals surface area (Å²) in [6.07, 6.45) is 3.44. The molecule has 1 fully saturated rings. The Morgan fingerprint density at radius 2 is 2.24 bits per heavy atom. The van der Waals surface area contributed by atoms with Crippen LogP contribution in [-0.4, -0.2) is 48.9 Å². The van der Waals surface area contributed by atoms with E-state index in [1.54, 1.807) is 18.6 Å². The van der Waals surface area contributed by atoms with Gasteiger partial charge in [-0.2, -0.15) is 4.31 Å². The maximum atomic E-state index is 12.8. The summed E-state index contributed by atoms with van der Waals surface area (Å²) in [5.41, 5.74) is 0. The Labute approximate surface area is 132 Å². The van der Waals surface area contributed by atoms with Crippen LogP contribution in [0.5, 0.6) is 0 Å². The van der Waals surface area contributed by atoms with Crippen molar-refractivity contribution < 1.29 is 13.2 Å². The smallest absolute Gasteiger partial charge is 0.262 e. The van der Waals surface area contributed by atoms with Crippen molar-refractivity contribution in [2.45, 2.75) is 17.9 Å². The summed E-state index contributed by atoms with van der Waals surface area (Å²) in [6, 6.07) is 0. The van der Waals surface area contributed by atoms with Gasteiger partial charge >= 0.3 is 0 Å². The lowest BCUT2D eigenvalue weighted by Crippen LogP contribution is -2.34. The Morgan fingerprint density at radius 3 is 2.95 bits per heavy atom. The summed E-state index contributed by atoms with van der Waals surface area (Å²) in [5, 5.41) is 1.87. The fraction of sp³-hybridized carbons (Fsp3) is 0.583. The summed E-state index contributed by atoms with van der Waals surface area (Å²) in [5.74, 6) is 0.322. The van der Waals surface area contributed by atoms with Crippen LogP contribution in [0.4, 0.5) is 0 Å². The summed E-state index contributed by atoms with van der Waals surface area (Å²) < 4.78 is 33.7. The molecule has 2 aromatic rings. The molecule has 0 bridgehead atoms. The number of aromatic nitrogens is 2. The van der Waals surface area contributed by atoms with E-state index in [9.17, 15) is 8.42 Å². The van der Waals surface area contributed by atoms with Gasteiger partial charge in [0.05, 0.1) is 0 Å². The van der Waals surface area contributed by atoms with E-state index in [-0.39, 0.29) is 10.2 Å². The van der Waals surface area contributed by atoms with E-state index in [2.05, 4.69) is 4.98 Å². The molecule has 1 aliphatic rings. The van der Waals surface area contributed by atoms with Gasteiger partial charge in [-0.1, -0.05) is 11.6 Å². The molecule has 0 spiro atoms. The molecule has 3 heterocycles. The maximum Gasteiger partial charge on any atom is 0.262 e. The predicted octanol–water partition coefficient (Wildman–Crippen LogP) is 2.10. The topological polar surface area (TPSA) is 63.9 Å². The molecule has 1 saturated heterocycles. The van der Waals surface area contributed by atoms with Gasteiger partial charge in [-0.15, -0.1) is 11.3 Å². The highest BCUT2D eigenvalue weighted by atomic mass is 35.5. The fourth-order valence-corrected chi connectivity index (χ4v) is 5.15. The molecule has 0 aliphatic carbocycles. The molecule has 116 valence electrons. The van der Waals surface area contributed by atoms with Gasteiger partial charge in [0.1, 0.15) is 0 Å². The number of ether oxygens (including phenoxy) is 1. The molecule has 9 heteroatoms. The Hall–Kier alpha value is -0.670. The second-order valence-electron chi connectivity index (χ2n) is 5.10. The summed E-state index contributed by atoms with van der Waals surface area (Å²) in [4.78, 5) is 4.67. The third-order valence-electron chi connectivity index (χ3n) is 3.69. The lowest BCUT2D eigenvalue weighted by Gasteiger charge is -2.26. The minimum Gasteiger partial charge on any atom is -0.381 e. The number of sulfonamides is 1. The first kappa shape index (κ1) is 15.2. The summed E-state index contributed by atoms with van der Waals surface area (Å²) >= 11 is 7.38. The third-order valence-corrected chi connectivity index (χ3v) is 6.67. The molecule has 0 radical (unpaired) electrons. The zero-order chi connectivity index (χ0) is 15.0. The van der Waals surface area contributed by atoms with E-state index in [0.29, 0.717) is 30.6 Å². The van der Waals surface area contributed by atoms with Crippen LogP contribution in [0.3, 0.4) is 0 Å². The normalized spacial score (nSPS) is 17.9. The van der Waals surface area contributed by atoms with Crippen LogP contribution in [0.2, 0.25) is 5.15 Å². The van der Waals surface area contributed by atoms with Crippen molar-refractivity contribution in [1.29, 1.82) is 0 Å². The van der Waals surface area contributed by atoms with E-state index in [1.807, 2.05) is 0 Å². The lowest BCUT2D eigenvalue weighted by molar-refractivity contribution is 0.0620. The van der Waals surface area contributed by atoms with Crippen molar-refractivity contribution in [3.8, 4) is 0 Å². The first-order valence-electron chi connectivity index (χ1n) is 6.65. The molecule has 6 nitrogen and oxygen atoms in total. The monoisotopic (exact) mass is 349 g/mol. The molecule has 0 N–H and O–H groups in total. The van der Waals surface area contributed by atoms with Crippen molar-refractivity contribution in [2.75, 3.05) is 26.8 Å². The number of fused-ring (bicyclic) bond motifs is 1. The molecule has 0 atom stereocenters. The fourth-order valence-electron chi connectivity index (χ4n) is 2.51. The molecule has 0 aromatic carbocycles. The molecule has 0 amide bonds. The average molecular weight is 350 g/mol. The van der Waals surface area contributed by atoms with E-state index < -0.39 is 10.0 Å². The number of imidazole rings is 1. The number of nitrogens with zero attached hydrogens (tertiary/aromatic N) is 3. The Balaban J connectivity index is 1.88. The van der Waals surface area contributed by atoms with Gasteiger partial charge in [-0.05, 0) is 18.8 Å². The highest BCUT2D eigenvalue weighted by Gasteiger charge is 2.31. The molecule has 2 aromatic heterocycles. The standard InChI is InChI=1S/C12H16ClN3O3S2/c1-15(8-9-2-5-19-6-3-9)21(17,18)11-10(13)14-12-16(11)4-7-20-12/h4,7,9H,2-3,5-6,8H2,1H3.